The number of hydrogen-bond donors (Lipinski definition) is 2. The molecule has 3 heterocycles. The summed E-state index contributed by atoms with van der Waals surface area (Å²) in [7, 11) is -3.58. The zero-order valence-corrected chi connectivity index (χ0v) is 32.0. The fourth-order valence-electron chi connectivity index (χ4n) is 7.88. The maximum atomic E-state index is 13.8. The number of aromatic hydroxyl groups is 1. The number of ketones is 1. The molecule has 12 heteroatoms. The predicted molar refractivity (Wildman–Crippen MR) is 227 cm³/mol. The number of phenolic OH excluding ortho intramolecular Hbond substituents is 1. The van der Waals surface area contributed by atoms with Crippen LogP contribution in [0.1, 0.15) is 15.9 Å². The molecule has 3 aromatic heterocycles. The van der Waals surface area contributed by atoms with Crippen molar-refractivity contribution in [1.29, 1.82) is 0 Å². The van der Waals surface area contributed by atoms with Gasteiger partial charge in [-0.05, 0) is 42.5 Å². The Hall–Kier alpha value is -7.67. The summed E-state index contributed by atoms with van der Waals surface area (Å²) < 4.78 is 43.3. The second-order valence-electron chi connectivity index (χ2n) is 13.9. The van der Waals surface area contributed by atoms with E-state index in [9.17, 15) is 22.9 Å². The zero-order chi connectivity index (χ0) is 40.4. The molecule has 10 aromatic rings. The molecule has 0 amide bonds. The molecule has 0 atom stereocenters. The number of para-hydroxylation sites is 2. The van der Waals surface area contributed by atoms with E-state index in [4.69, 9.17) is 19.7 Å². The van der Waals surface area contributed by atoms with Crippen LogP contribution in [0.15, 0.2) is 163 Å². The van der Waals surface area contributed by atoms with Gasteiger partial charge in [-0.15, -0.1) is 0 Å². The van der Waals surface area contributed by atoms with Crippen molar-refractivity contribution in [2.24, 2.45) is 0 Å². The van der Waals surface area contributed by atoms with Gasteiger partial charge in [-0.2, -0.15) is 18.4 Å². The average Bonchev–Trinajstić information content (AvgIpc) is 3.79. The van der Waals surface area contributed by atoms with Crippen LogP contribution < -0.4 is 4.74 Å². The Morgan fingerprint density at radius 1 is 0.593 bits per heavy atom. The molecule has 59 heavy (non-hydrogen) atoms. The minimum atomic E-state index is -4.77. The molecule has 11 nitrogen and oxygen atoms in total. The van der Waals surface area contributed by atoms with Crippen molar-refractivity contribution in [2.75, 3.05) is 7.11 Å². The van der Waals surface area contributed by atoms with Crippen LogP contribution in [0.2, 0.25) is 0 Å². The fourth-order valence-corrected chi connectivity index (χ4v) is 8.55. The highest BCUT2D eigenvalue weighted by Crippen LogP contribution is 2.42. The van der Waals surface area contributed by atoms with E-state index in [2.05, 4.69) is 39.5 Å². The molecule has 0 bridgehead atoms. The van der Waals surface area contributed by atoms with E-state index in [0.717, 1.165) is 72.6 Å². The molecule has 10 rings (SSSR count). The topological polar surface area (TPSA) is 149 Å². The summed E-state index contributed by atoms with van der Waals surface area (Å²) in [5.41, 5.74) is 5.87. The number of ether oxygens (including phenoxy) is 1. The molecule has 7 aromatic carbocycles. The van der Waals surface area contributed by atoms with Gasteiger partial charge in [-0.1, -0.05) is 109 Å². The van der Waals surface area contributed by atoms with E-state index in [1.54, 1.807) is 24.3 Å². The molecule has 2 N–H and O–H groups in total. The number of hydrogen-bond acceptors (Lipinski definition) is 8. The van der Waals surface area contributed by atoms with Gasteiger partial charge in [0.25, 0.3) is 10.1 Å². The highest BCUT2D eigenvalue weighted by Gasteiger charge is 2.26. The minimum absolute atomic E-state index is 0.183. The van der Waals surface area contributed by atoms with Gasteiger partial charge in [0.1, 0.15) is 16.4 Å². The van der Waals surface area contributed by atoms with E-state index < -0.39 is 26.5 Å². The highest BCUT2D eigenvalue weighted by molar-refractivity contribution is 7.86. The first-order valence-corrected chi connectivity index (χ1v) is 20.0. The lowest BCUT2D eigenvalue weighted by molar-refractivity contribution is 0.103. The Kier molecular flexibility index (Phi) is 8.33. The Bertz CT molecular complexity index is 3360. The Morgan fingerprint density at radius 2 is 1.10 bits per heavy atom. The molecule has 0 radical (unpaired) electrons. The van der Waals surface area contributed by atoms with Gasteiger partial charge in [0.2, 0.25) is 5.95 Å². The van der Waals surface area contributed by atoms with Crippen LogP contribution >= 0.6 is 0 Å². The molecule has 0 aliphatic carbocycles. The number of benzene rings is 7. The molecular formula is C47H31N5O6S. The number of carbonyl (C=O) groups is 1. The van der Waals surface area contributed by atoms with Crippen LogP contribution in [0.4, 0.5) is 0 Å². The van der Waals surface area contributed by atoms with Crippen molar-refractivity contribution in [1.82, 2.24) is 24.1 Å². The number of fused-ring (bicyclic) bond motifs is 7. The lowest BCUT2D eigenvalue weighted by atomic mass is 10.0. The monoisotopic (exact) mass is 793 g/mol. The first-order valence-electron chi connectivity index (χ1n) is 18.6. The third-order valence-corrected chi connectivity index (χ3v) is 11.4. The molecule has 0 aliphatic rings. The summed E-state index contributed by atoms with van der Waals surface area (Å²) in [6.07, 6.45) is 0. The number of nitrogens with zero attached hydrogens (tertiary/aromatic N) is 5. The lowest BCUT2D eigenvalue weighted by Crippen LogP contribution is -2.08. The predicted octanol–water partition coefficient (Wildman–Crippen LogP) is 9.59. The van der Waals surface area contributed by atoms with Gasteiger partial charge in [0, 0.05) is 50.0 Å². The number of carbonyl (C=O) groups excluding carboxylic acids is 1. The van der Waals surface area contributed by atoms with E-state index >= 15 is 0 Å². The average molecular weight is 794 g/mol. The Morgan fingerprint density at radius 3 is 1.64 bits per heavy atom. The summed E-state index contributed by atoms with van der Waals surface area (Å²) >= 11 is 0. The van der Waals surface area contributed by atoms with Crippen molar-refractivity contribution >= 4 is 59.5 Å². The van der Waals surface area contributed by atoms with Gasteiger partial charge >= 0.3 is 0 Å². The van der Waals surface area contributed by atoms with Crippen molar-refractivity contribution in [2.45, 2.75) is 4.90 Å². The molecule has 0 fully saturated rings. The van der Waals surface area contributed by atoms with Crippen LogP contribution in [0.3, 0.4) is 0 Å². The second kappa shape index (κ2) is 13.8. The quantitative estimate of drug-likeness (QED) is 0.113. The van der Waals surface area contributed by atoms with E-state index in [1.165, 1.54) is 7.11 Å². The van der Waals surface area contributed by atoms with E-state index in [1.807, 2.05) is 91.0 Å². The normalized spacial score (nSPS) is 11.8. The van der Waals surface area contributed by atoms with E-state index in [0.29, 0.717) is 17.6 Å². The largest absolute Gasteiger partial charge is 0.507 e. The number of methoxy groups -OCH3 is 1. The summed E-state index contributed by atoms with van der Waals surface area (Å²) in [4.78, 5) is 28.4. The molecule has 286 valence electrons. The summed E-state index contributed by atoms with van der Waals surface area (Å²) in [6, 6.07) is 48.9. The second-order valence-corrected chi connectivity index (χ2v) is 15.3. The van der Waals surface area contributed by atoms with Crippen molar-refractivity contribution in [3.05, 3.63) is 169 Å². The van der Waals surface area contributed by atoms with Crippen molar-refractivity contribution in [3.63, 3.8) is 0 Å². The third-order valence-electron chi connectivity index (χ3n) is 10.5. The summed E-state index contributed by atoms with van der Waals surface area (Å²) in [6.45, 7) is 0. The van der Waals surface area contributed by atoms with Crippen LogP contribution in [-0.2, 0) is 10.1 Å². The van der Waals surface area contributed by atoms with Gasteiger partial charge in [-0.25, -0.2) is 4.98 Å². The summed E-state index contributed by atoms with van der Waals surface area (Å²) in [5.74, 6) is 0.0594. The summed E-state index contributed by atoms with van der Waals surface area (Å²) in [5, 5.41) is 14.7. The van der Waals surface area contributed by atoms with Crippen LogP contribution in [0, 0.1) is 0 Å². The molecule has 0 saturated carbocycles. The van der Waals surface area contributed by atoms with Crippen molar-refractivity contribution < 1.29 is 27.6 Å². The first kappa shape index (κ1) is 35.7. The van der Waals surface area contributed by atoms with Gasteiger partial charge in [-0.3, -0.25) is 13.9 Å². The Labute approximate surface area is 336 Å². The third kappa shape index (κ3) is 5.89. The molecule has 0 spiro atoms. The standard InChI is InChI=1S/C47H31N5O6S/c1-58-40-27-39(53)36(26-41(40)59(55,56)57)44(54)28-20-22-31(23-21-28)51-37-18-10-8-16-32(37)34-24-25-35-33-17-9-11-19-38(33)52(43(35)42(34)51)47-49-45(29-12-4-2-5-13-29)48-46(50-47)30-14-6-3-7-15-30/h2-27,53H,1H3,(H,55,56,57). The maximum Gasteiger partial charge on any atom is 0.298 e. The molecular weight excluding hydrogens is 763 g/mol. The lowest BCUT2D eigenvalue weighted by Gasteiger charge is -2.14. The van der Waals surface area contributed by atoms with Crippen LogP contribution in [0.25, 0.3) is 78.0 Å². The molecule has 0 unspecified atom stereocenters. The minimum Gasteiger partial charge on any atom is -0.507 e. The van der Waals surface area contributed by atoms with Crippen LogP contribution in [0.5, 0.6) is 11.5 Å². The smallest absolute Gasteiger partial charge is 0.298 e. The van der Waals surface area contributed by atoms with Gasteiger partial charge < -0.3 is 14.4 Å². The van der Waals surface area contributed by atoms with Crippen molar-refractivity contribution in [3.8, 4) is 45.9 Å². The molecule has 0 saturated heterocycles. The Balaban J connectivity index is 1.23. The van der Waals surface area contributed by atoms with Gasteiger partial charge in [0.05, 0.1) is 34.7 Å². The van der Waals surface area contributed by atoms with Crippen LogP contribution in [-0.4, -0.2) is 55.1 Å². The molecule has 0 aliphatic heterocycles. The van der Waals surface area contributed by atoms with E-state index in [-0.39, 0.29) is 16.9 Å². The number of aromatic nitrogens is 5. The highest BCUT2D eigenvalue weighted by atomic mass is 32.2. The maximum absolute atomic E-state index is 13.8. The van der Waals surface area contributed by atoms with Gasteiger partial charge in [0.15, 0.2) is 17.4 Å². The first-order chi connectivity index (χ1) is 28.7. The number of rotatable bonds is 8. The zero-order valence-electron chi connectivity index (χ0n) is 31.2. The fraction of sp³-hybridized carbons (Fsp3) is 0.0213. The number of phenols is 1. The SMILES string of the molecule is COc1cc(O)c(C(=O)c2ccc(-n3c4ccccc4c4ccc5c6ccccc6n(-c6nc(-c7ccccc7)nc(-c7ccccc7)n6)c5c43)cc2)cc1S(=O)(=O)O.